The molecule has 5 nitrogen and oxygen atoms in total. The molecule has 6 heteroatoms. The van der Waals surface area contributed by atoms with Crippen LogP contribution in [0.15, 0.2) is 42.5 Å². The summed E-state index contributed by atoms with van der Waals surface area (Å²) < 4.78 is 10.7. The van der Waals surface area contributed by atoms with Gasteiger partial charge in [0.25, 0.3) is 0 Å². The number of ether oxygens (including phenoxy) is 2. The van der Waals surface area contributed by atoms with E-state index in [1.54, 1.807) is 18.2 Å². The van der Waals surface area contributed by atoms with Crippen LogP contribution in [0, 0.1) is 5.92 Å². The zero-order valence-electron chi connectivity index (χ0n) is 18.4. The van der Waals surface area contributed by atoms with Crippen molar-refractivity contribution in [1.82, 2.24) is 0 Å². The molecule has 0 aliphatic heterocycles. The lowest BCUT2D eigenvalue weighted by Crippen LogP contribution is -2.42. The molecule has 1 amide bonds. The number of carbonyl (C=O) groups excluding carboxylic acids is 2. The Hall–Kier alpha value is -2.53. The lowest BCUT2D eigenvalue weighted by Gasteiger charge is -2.37. The number of amides is 1. The van der Waals surface area contributed by atoms with Crippen LogP contribution in [0.25, 0.3) is 0 Å². The van der Waals surface area contributed by atoms with Gasteiger partial charge < -0.3 is 14.8 Å². The molecular formula is C25H30ClNO4. The number of nitrogens with one attached hydrogen (secondary N) is 1. The molecule has 0 heterocycles. The topological polar surface area (TPSA) is 64.6 Å². The lowest BCUT2D eigenvalue weighted by atomic mass is 9.68. The van der Waals surface area contributed by atoms with Gasteiger partial charge in [0.2, 0.25) is 5.91 Å². The third-order valence-electron chi connectivity index (χ3n) is 5.75. The molecule has 1 fully saturated rings. The van der Waals surface area contributed by atoms with Gasteiger partial charge in [0.15, 0.2) is 0 Å². The first-order valence-electron chi connectivity index (χ1n) is 10.8. The second-order valence-electron chi connectivity index (χ2n) is 8.48. The van der Waals surface area contributed by atoms with E-state index in [1.165, 1.54) is 7.11 Å². The first kappa shape index (κ1) is 23.1. The van der Waals surface area contributed by atoms with Crippen LogP contribution in [-0.2, 0) is 14.9 Å². The first-order valence-corrected chi connectivity index (χ1v) is 11.2. The highest BCUT2D eigenvalue weighted by Crippen LogP contribution is 2.43. The summed E-state index contributed by atoms with van der Waals surface area (Å²) in [5.41, 5.74) is 0.990. The molecule has 0 radical (unpaired) electrons. The smallest absolute Gasteiger partial charge is 0.341 e. The molecule has 3 rings (SSSR count). The number of carbonyl (C=O) groups is 2. The number of rotatable bonds is 7. The number of hydrogen-bond donors (Lipinski definition) is 1. The van der Waals surface area contributed by atoms with Crippen molar-refractivity contribution < 1.29 is 19.1 Å². The molecular weight excluding hydrogens is 414 g/mol. The van der Waals surface area contributed by atoms with Crippen molar-refractivity contribution in [3.8, 4) is 5.75 Å². The largest absolute Gasteiger partial charge is 0.492 e. The lowest BCUT2D eigenvalue weighted by molar-refractivity contribution is -0.122. The molecule has 0 bridgehead atoms. The van der Waals surface area contributed by atoms with E-state index in [9.17, 15) is 9.59 Å². The minimum Gasteiger partial charge on any atom is -0.492 e. The van der Waals surface area contributed by atoms with E-state index in [0.29, 0.717) is 29.0 Å². The van der Waals surface area contributed by atoms with Gasteiger partial charge in [0, 0.05) is 10.7 Å². The molecule has 2 aromatic carbocycles. The fourth-order valence-corrected chi connectivity index (χ4v) is 4.45. The maximum atomic E-state index is 13.6. The highest BCUT2D eigenvalue weighted by atomic mass is 35.5. The Morgan fingerprint density at radius 3 is 2.45 bits per heavy atom. The maximum absolute atomic E-state index is 13.6. The molecule has 0 unspecified atom stereocenters. The number of anilines is 1. The Bertz CT molecular complexity index is 935. The summed E-state index contributed by atoms with van der Waals surface area (Å²) >= 11 is 6.50. The Labute approximate surface area is 189 Å². The van der Waals surface area contributed by atoms with Crippen LogP contribution in [0.2, 0.25) is 5.02 Å². The summed E-state index contributed by atoms with van der Waals surface area (Å²) in [6, 6.07) is 12.6. The predicted molar refractivity (Wildman–Crippen MR) is 123 cm³/mol. The van der Waals surface area contributed by atoms with Gasteiger partial charge >= 0.3 is 5.97 Å². The van der Waals surface area contributed by atoms with Crippen LogP contribution in [0.3, 0.4) is 0 Å². The van der Waals surface area contributed by atoms with Crippen molar-refractivity contribution in [2.45, 2.75) is 51.4 Å². The molecule has 0 spiro atoms. The van der Waals surface area contributed by atoms with Crippen molar-refractivity contribution in [2.24, 2.45) is 5.92 Å². The molecule has 166 valence electrons. The van der Waals surface area contributed by atoms with Gasteiger partial charge in [-0.15, -0.1) is 0 Å². The normalized spacial score (nSPS) is 15.4. The number of benzene rings is 2. The summed E-state index contributed by atoms with van der Waals surface area (Å²) in [4.78, 5) is 25.9. The first-order chi connectivity index (χ1) is 14.9. The van der Waals surface area contributed by atoms with Crippen LogP contribution >= 0.6 is 11.6 Å². The Morgan fingerprint density at radius 2 is 1.81 bits per heavy atom. The minimum atomic E-state index is -0.686. The molecule has 2 aromatic rings. The van der Waals surface area contributed by atoms with Gasteiger partial charge in [0.1, 0.15) is 11.3 Å². The fourth-order valence-electron chi connectivity index (χ4n) is 4.13. The van der Waals surface area contributed by atoms with E-state index in [4.69, 9.17) is 21.1 Å². The van der Waals surface area contributed by atoms with Gasteiger partial charge in [-0.3, -0.25) is 4.79 Å². The molecule has 1 saturated carbocycles. The second kappa shape index (κ2) is 10.2. The predicted octanol–water partition coefficient (Wildman–Crippen LogP) is 6.00. The van der Waals surface area contributed by atoms with Gasteiger partial charge in [-0.1, -0.05) is 62.9 Å². The highest BCUT2D eigenvalue weighted by molar-refractivity contribution is 6.31. The highest BCUT2D eigenvalue weighted by Gasteiger charge is 2.42. The van der Waals surface area contributed by atoms with Crippen molar-refractivity contribution in [2.75, 3.05) is 19.0 Å². The van der Waals surface area contributed by atoms with E-state index >= 15 is 0 Å². The maximum Gasteiger partial charge on any atom is 0.341 e. The van der Waals surface area contributed by atoms with E-state index in [2.05, 4.69) is 5.32 Å². The van der Waals surface area contributed by atoms with Crippen LogP contribution in [0.1, 0.15) is 61.9 Å². The zero-order chi connectivity index (χ0) is 22.4. The summed E-state index contributed by atoms with van der Waals surface area (Å²) in [7, 11) is 1.33. The number of hydrogen-bond acceptors (Lipinski definition) is 4. The van der Waals surface area contributed by atoms with E-state index in [-0.39, 0.29) is 11.5 Å². The van der Waals surface area contributed by atoms with Crippen LogP contribution in [0.4, 0.5) is 5.69 Å². The van der Waals surface area contributed by atoms with E-state index in [1.807, 2.05) is 38.1 Å². The fraction of sp³-hybridized carbons (Fsp3) is 0.440. The Balaban J connectivity index is 1.91. The standard InChI is InChI=1S/C25H30ClNO4/c1-17(2)16-31-22-12-11-18(15-19(22)23(28)30-3)27-24(29)25(13-7-4-8-14-25)20-9-5-6-10-21(20)26/h5-6,9-12,15,17H,4,7-8,13-14,16H2,1-3H3,(H,27,29). The molecule has 1 N–H and O–H groups in total. The Morgan fingerprint density at radius 1 is 1.10 bits per heavy atom. The SMILES string of the molecule is COC(=O)c1cc(NC(=O)C2(c3ccccc3Cl)CCCCC2)ccc1OCC(C)C. The molecule has 1 aliphatic rings. The molecule has 0 saturated heterocycles. The van der Waals surface area contributed by atoms with Crippen molar-refractivity contribution in [1.29, 1.82) is 0 Å². The van der Waals surface area contributed by atoms with Gasteiger partial charge in [-0.2, -0.15) is 0 Å². The molecule has 0 aromatic heterocycles. The third kappa shape index (κ3) is 5.21. The van der Waals surface area contributed by atoms with Gasteiger partial charge in [-0.05, 0) is 48.6 Å². The average molecular weight is 444 g/mol. The summed E-state index contributed by atoms with van der Waals surface area (Å²) in [6.45, 7) is 4.54. The summed E-state index contributed by atoms with van der Waals surface area (Å²) in [5.74, 6) is 0.143. The van der Waals surface area contributed by atoms with Gasteiger partial charge in [-0.25, -0.2) is 4.79 Å². The molecule has 31 heavy (non-hydrogen) atoms. The van der Waals surface area contributed by atoms with Crippen molar-refractivity contribution in [3.63, 3.8) is 0 Å². The third-order valence-corrected chi connectivity index (χ3v) is 6.08. The van der Waals surface area contributed by atoms with E-state index in [0.717, 1.165) is 37.7 Å². The molecule has 0 atom stereocenters. The monoisotopic (exact) mass is 443 g/mol. The van der Waals surface area contributed by atoms with Crippen LogP contribution < -0.4 is 10.1 Å². The van der Waals surface area contributed by atoms with Crippen molar-refractivity contribution >= 4 is 29.2 Å². The number of halogens is 1. The molecule has 1 aliphatic carbocycles. The summed E-state index contributed by atoms with van der Waals surface area (Å²) in [6.07, 6.45) is 4.51. The van der Waals surface area contributed by atoms with E-state index < -0.39 is 11.4 Å². The number of esters is 1. The average Bonchev–Trinajstić information content (AvgIpc) is 2.78. The van der Waals surface area contributed by atoms with Gasteiger partial charge in [0.05, 0.1) is 19.1 Å². The van der Waals surface area contributed by atoms with Crippen molar-refractivity contribution in [3.05, 3.63) is 58.6 Å². The quantitative estimate of drug-likeness (QED) is 0.533. The second-order valence-corrected chi connectivity index (χ2v) is 8.89. The minimum absolute atomic E-state index is 0.105. The zero-order valence-corrected chi connectivity index (χ0v) is 19.1. The number of methoxy groups -OCH3 is 1. The van der Waals surface area contributed by atoms with Crippen LogP contribution in [-0.4, -0.2) is 25.6 Å². The summed E-state index contributed by atoms with van der Waals surface area (Å²) in [5, 5.41) is 3.63. The van der Waals surface area contributed by atoms with Crippen LogP contribution in [0.5, 0.6) is 5.75 Å². The Kier molecular flexibility index (Phi) is 7.60.